The Balaban J connectivity index is 2.14. The molecule has 2 aromatic rings. The summed E-state index contributed by atoms with van der Waals surface area (Å²) in [6, 6.07) is 19.2. The second kappa shape index (κ2) is 5.65. The van der Waals surface area contributed by atoms with Crippen LogP contribution in [0.15, 0.2) is 54.6 Å². The molecule has 0 heterocycles. The van der Waals surface area contributed by atoms with E-state index in [0.717, 1.165) is 6.42 Å². The molecule has 1 unspecified atom stereocenters. The molecule has 1 nitrogen and oxygen atoms in total. The average Bonchev–Trinajstić information content (AvgIpc) is 2.38. The SMILES string of the molecule is Cc1ccc(C(CN)Cc2ccccc2)cc1. The number of rotatable bonds is 4. The van der Waals surface area contributed by atoms with Gasteiger partial charge in [-0.05, 0) is 31.0 Å². The van der Waals surface area contributed by atoms with Gasteiger partial charge in [0.2, 0.25) is 0 Å². The van der Waals surface area contributed by atoms with Crippen LogP contribution in [0.5, 0.6) is 0 Å². The summed E-state index contributed by atoms with van der Waals surface area (Å²) in [5.74, 6) is 0.415. The van der Waals surface area contributed by atoms with Gasteiger partial charge in [-0.3, -0.25) is 0 Å². The quantitative estimate of drug-likeness (QED) is 0.849. The summed E-state index contributed by atoms with van der Waals surface area (Å²) in [6.45, 7) is 2.80. The normalized spacial score (nSPS) is 12.4. The zero-order valence-electron chi connectivity index (χ0n) is 10.3. The van der Waals surface area contributed by atoms with Crippen LogP contribution in [0.1, 0.15) is 22.6 Å². The summed E-state index contributed by atoms with van der Waals surface area (Å²) in [5.41, 5.74) is 9.87. The molecule has 0 aliphatic carbocycles. The molecule has 0 spiro atoms. The van der Waals surface area contributed by atoms with Gasteiger partial charge in [-0.2, -0.15) is 0 Å². The number of hydrogen-bond acceptors (Lipinski definition) is 1. The smallest absolute Gasteiger partial charge is 0.000157 e. The maximum absolute atomic E-state index is 5.89. The van der Waals surface area contributed by atoms with E-state index in [2.05, 4.69) is 55.5 Å². The number of nitrogens with two attached hydrogens (primary N) is 1. The van der Waals surface area contributed by atoms with E-state index in [0.29, 0.717) is 12.5 Å². The van der Waals surface area contributed by atoms with Crippen LogP contribution >= 0.6 is 0 Å². The molecule has 0 aliphatic heterocycles. The average molecular weight is 225 g/mol. The van der Waals surface area contributed by atoms with Gasteiger partial charge >= 0.3 is 0 Å². The van der Waals surface area contributed by atoms with E-state index in [9.17, 15) is 0 Å². The van der Waals surface area contributed by atoms with E-state index in [1.165, 1.54) is 16.7 Å². The molecule has 2 aromatic carbocycles. The summed E-state index contributed by atoms with van der Waals surface area (Å²) in [7, 11) is 0. The van der Waals surface area contributed by atoms with Crippen LogP contribution in [0.2, 0.25) is 0 Å². The van der Waals surface area contributed by atoms with E-state index < -0.39 is 0 Å². The molecule has 0 saturated heterocycles. The summed E-state index contributed by atoms with van der Waals surface area (Å²) >= 11 is 0. The first-order chi connectivity index (χ1) is 8.29. The molecule has 0 fully saturated rings. The molecule has 0 bridgehead atoms. The van der Waals surface area contributed by atoms with Crippen LogP contribution in [-0.2, 0) is 6.42 Å². The van der Waals surface area contributed by atoms with Crippen molar-refractivity contribution in [2.75, 3.05) is 6.54 Å². The van der Waals surface area contributed by atoms with E-state index in [-0.39, 0.29) is 0 Å². The van der Waals surface area contributed by atoms with Crippen LogP contribution in [0.4, 0.5) is 0 Å². The Hall–Kier alpha value is -1.60. The fourth-order valence-electron chi connectivity index (χ4n) is 2.07. The first-order valence-electron chi connectivity index (χ1n) is 6.10. The van der Waals surface area contributed by atoms with Crippen molar-refractivity contribution in [3.05, 3.63) is 71.3 Å². The van der Waals surface area contributed by atoms with Crippen molar-refractivity contribution in [2.45, 2.75) is 19.3 Å². The van der Waals surface area contributed by atoms with Crippen molar-refractivity contribution in [3.8, 4) is 0 Å². The Labute approximate surface area is 103 Å². The van der Waals surface area contributed by atoms with Crippen LogP contribution < -0.4 is 5.73 Å². The number of hydrogen-bond donors (Lipinski definition) is 1. The Morgan fingerprint density at radius 3 is 2.18 bits per heavy atom. The molecule has 88 valence electrons. The molecular weight excluding hydrogens is 206 g/mol. The molecular formula is C16H19N. The predicted octanol–water partition coefficient (Wildman–Crippen LogP) is 3.28. The van der Waals surface area contributed by atoms with E-state index in [4.69, 9.17) is 5.73 Å². The molecule has 17 heavy (non-hydrogen) atoms. The van der Waals surface area contributed by atoms with Gasteiger partial charge in [0.1, 0.15) is 0 Å². The van der Waals surface area contributed by atoms with Crippen LogP contribution in [-0.4, -0.2) is 6.54 Å². The maximum atomic E-state index is 5.89. The summed E-state index contributed by atoms with van der Waals surface area (Å²) in [5, 5.41) is 0. The highest BCUT2D eigenvalue weighted by molar-refractivity contribution is 5.27. The first-order valence-corrected chi connectivity index (χ1v) is 6.10. The molecule has 0 radical (unpaired) electrons. The third kappa shape index (κ3) is 3.18. The zero-order valence-corrected chi connectivity index (χ0v) is 10.3. The fraction of sp³-hybridized carbons (Fsp3) is 0.250. The highest BCUT2D eigenvalue weighted by Crippen LogP contribution is 2.20. The minimum Gasteiger partial charge on any atom is -0.330 e. The van der Waals surface area contributed by atoms with Crippen LogP contribution in [0, 0.1) is 6.92 Å². The van der Waals surface area contributed by atoms with Crippen molar-refractivity contribution in [1.29, 1.82) is 0 Å². The number of aryl methyl sites for hydroxylation is 1. The van der Waals surface area contributed by atoms with Crippen molar-refractivity contribution >= 4 is 0 Å². The molecule has 0 amide bonds. The lowest BCUT2D eigenvalue weighted by molar-refractivity contribution is 0.694. The molecule has 0 aromatic heterocycles. The lowest BCUT2D eigenvalue weighted by atomic mass is 9.91. The largest absolute Gasteiger partial charge is 0.330 e. The minimum atomic E-state index is 0.415. The van der Waals surface area contributed by atoms with Gasteiger partial charge < -0.3 is 5.73 Å². The van der Waals surface area contributed by atoms with Crippen LogP contribution in [0.25, 0.3) is 0 Å². The van der Waals surface area contributed by atoms with Gasteiger partial charge in [-0.25, -0.2) is 0 Å². The van der Waals surface area contributed by atoms with Gasteiger partial charge in [-0.15, -0.1) is 0 Å². The molecule has 0 aliphatic rings. The van der Waals surface area contributed by atoms with Crippen molar-refractivity contribution < 1.29 is 0 Å². The molecule has 1 atom stereocenters. The standard InChI is InChI=1S/C16H19N/c1-13-7-9-15(10-8-13)16(12-17)11-14-5-3-2-4-6-14/h2-10,16H,11-12,17H2,1H3. The molecule has 2 N–H and O–H groups in total. The number of benzene rings is 2. The van der Waals surface area contributed by atoms with Gasteiger partial charge in [-0.1, -0.05) is 60.2 Å². The van der Waals surface area contributed by atoms with Crippen molar-refractivity contribution in [1.82, 2.24) is 0 Å². The van der Waals surface area contributed by atoms with Crippen molar-refractivity contribution in [3.63, 3.8) is 0 Å². The summed E-state index contributed by atoms with van der Waals surface area (Å²) in [6.07, 6.45) is 1.01. The molecule has 1 heteroatoms. The fourth-order valence-corrected chi connectivity index (χ4v) is 2.07. The Morgan fingerprint density at radius 2 is 1.59 bits per heavy atom. The van der Waals surface area contributed by atoms with E-state index in [1.807, 2.05) is 6.07 Å². The predicted molar refractivity (Wildman–Crippen MR) is 73.1 cm³/mol. The van der Waals surface area contributed by atoms with Crippen molar-refractivity contribution in [2.24, 2.45) is 5.73 Å². The summed E-state index contributed by atoms with van der Waals surface area (Å²) in [4.78, 5) is 0. The third-order valence-electron chi connectivity index (χ3n) is 3.16. The second-order valence-electron chi connectivity index (χ2n) is 4.53. The van der Waals surface area contributed by atoms with Gasteiger partial charge in [0.25, 0.3) is 0 Å². The van der Waals surface area contributed by atoms with Crippen LogP contribution in [0.3, 0.4) is 0 Å². The highest BCUT2D eigenvalue weighted by atomic mass is 14.5. The van der Waals surface area contributed by atoms with Gasteiger partial charge in [0, 0.05) is 5.92 Å². The Morgan fingerprint density at radius 1 is 0.941 bits per heavy atom. The lowest BCUT2D eigenvalue weighted by Gasteiger charge is -2.15. The Kier molecular flexibility index (Phi) is 3.94. The van der Waals surface area contributed by atoms with E-state index >= 15 is 0 Å². The monoisotopic (exact) mass is 225 g/mol. The minimum absolute atomic E-state index is 0.415. The third-order valence-corrected chi connectivity index (χ3v) is 3.16. The first kappa shape index (κ1) is 11.9. The van der Waals surface area contributed by atoms with Gasteiger partial charge in [0.15, 0.2) is 0 Å². The topological polar surface area (TPSA) is 26.0 Å². The van der Waals surface area contributed by atoms with Gasteiger partial charge in [0.05, 0.1) is 0 Å². The summed E-state index contributed by atoms with van der Waals surface area (Å²) < 4.78 is 0. The van der Waals surface area contributed by atoms with E-state index in [1.54, 1.807) is 0 Å². The second-order valence-corrected chi connectivity index (χ2v) is 4.53. The Bertz CT molecular complexity index is 445. The molecule has 0 saturated carbocycles. The lowest BCUT2D eigenvalue weighted by Crippen LogP contribution is -2.15. The zero-order chi connectivity index (χ0) is 12.1. The molecule has 2 rings (SSSR count). The maximum Gasteiger partial charge on any atom is 0.000157 e. The highest BCUT2D eigenvalue weighted by Gasteiger charge is 2.09.